The lowest BCUT2D eigenvalue weighted by Gasteiger charge is -2.19. The molecule has 0 saturated carbocycles. The first-order valence-electron chi connectivity index (χ1n) is 5.49. The van der Waals surface area contributed by atoms with Gasteiger partial charge < -0.3 is 10.6 Å². The van der Waals surface area contributed by atoms with E-state index in [9.17, 15) is 4.79 Å². The van der Waals surface area contributed by atoms with Crippen LogP contribution in [-0.2, 0) is 0 Å². The minimum atomic E-state index is -0.118. The van der Waals surface area contributed by atoms with Gasteiger partial charge in [0.15, 0.2) is 0 Å². The lowest BCUT2D eigenvalue weighted by molar-refractivity contribution is 0.0992. The molecule has 0 spiro atoms. The first-order chi connectivity index (χ1) is 8.61. The van der Waals surface area contributed by atoms with Crippen molar-refractivity contribution in [2.24, 2.45) is 0 Å². The maximum absolute atomic E-state index is 12.3. The maximum atomic E-state index is 12.3. The fraction of sp³-hybridized carbons (Fsp3) is 0.154. The van der Waals surface area contributed by atoms with Crippen LogP contribution in [0.5, 0.6) is 0 Å². The van der Waals surface area contributed by atoms with Crippen molar-refractivity contribution in [3.8, 4) is 0 Å². The molecule has 0 radical (unpaired) electrons. The Labute approximate surface area is 105 Å². The van der Waals surface area contributed by atoms with E-state index < -0.39 is 0 Å². The molecule has 18 heavy (non-hydrogen) atoms. The molecule has 1 amide bonds. The molecule has 0 bridgehead atoms. The van der Waals surface area contributed by atoms with E-state index in [-0.39, 0.29) is 5.91 Å². The highest BCUT2D eigenvalue weighted by Crippen LogP contribution is 2.22. The fourth-order valence-electron chi connectivity index (χ4n) is 1.71. The second-order valence-electron chi connectivity index (χ2n) is 3.99. The van der Waals surface area contributed by atoms with Crippen molar-refractivity contribution in [1.82, 2.24) is 9.97 Å². The number of nitrogen functional groups attached to an aromatic ring is 1. The van der Waals surface area contributed by atoms with Gasteiger partial charge in [-0.15, -0.1) is 0 Å². The molecule has 0 fully saturated rings. The standard InChI is InChI=1S/C13H14N4O/c1-9-7-15-5-3-10(9)13(18)17(2)12-4-6-16-8-11(12)14/h3-8H,14H2,1-2H3. The Morgan fingerprint density at radius 3 is 2.56 bits per heavy atom. The average Bonchev–Trinajstić information content (AvgIpc) is 2.38. The van der Waals surface area contributed by atoms with Gasteiger partial charge in [-0.3, -0.25) is 14.8 Å². The monoisotopic (exact) mass is 242 g/mol. The third-order valence-electron chi connectivity index (χ3n) is 2.74. The molecule has 0 aliphatic heterocycles. The van der Waals surface area contributed by atoms with Gasteiger partial charge in [0.2, 0.25) is 0 Å². The van der Waals surface area contributed by atoms with Crippen LogP contribution in [0.4, 0.5) is 11.4 Å². The first-order valence-corrected chi connectivity index (χ1v) is 5.49. The van der Waals surface area contributed by atoms with Crippen molar-refractivity contribution < 1.29 is 4.79 Å². The molecule has 0 atom stereocenters. The Kier molecular flexibility index (Phi) is 3.23. The second kappa shape index (κ2) is 4.83. The minimum Gasteiger partial charge on any atom is -0.396 e. The molecule has 0 aliphatic rings. The molecule has 2 aromatic rings. The average molecular weight is 242 g/mol. The van der Waals surface area contributed by atoms with E-state index in [0.717, 1.165) is 5.56 Å². The maximum Gasteiger partial charge on any atom is 0.258 e. The number of amides is 1. The first kappa shape index (κ1) is 12.0. The number of carbonyl (C=O) groups is 1. The van der Waals surface area contributed by atoms with Crippen molar-refractivity contribution in [2.45, 2.75) is 6.92 Å². The zero-order valence-electron chi connectivity index (χ0n) is 10.3. The summed E-state index contributed by atoms with van der Waals surface area (Å²) in [5.74, 6) is -0.118. The van der Waals surface area contributed by atoms with Crippen LogP contribution in [0.2, 0.25) is 0 Å². The number of hydrogen-bond acceptors (Lipinski definition) is 4. The normalized spacial score (nSPS) is 10.1. The molecule has 2 rings (SSSR count). The Morgan fingerprint density at radius 2 is 1.89 bits per heavy atom. The highest BCUT2D eigenvalue weighted by Gasteiger charge is 2.17. The smallest absolute Gasteiger partial charge is 0.258 e. The summed E-state index contributed by atoms with van der Waals surface area (Å²) < 4.78 is 0. The van der Waals surface area contributed by atoms with Gasteiger partial charge in [0.25, 0.3) is 5.91 Å². The molecule has 2 heterocycles. The number of pyridine rings is 2. The molecule has 92 valence electrons. The molecule has 0 aromatic carbocycles. The summed E-state index contributed by atoms with van der Waals surface area (Å²) >= 11 is 0. The van der Waals surface area contributed by atoms with Crippen molar-refractivity contribution in [2.75, 3.05) is 17.7 Å². The van der Waals surface area contributed by atoms with Crippen LogP contribution in [0, 0.1) is 6.92 Å². The number of hydrogen-bond donors (Lipinski definition) is 1. The van der Waals surface area contributed by atoms with Gasteiger partial charge >= 0.3 is 0 Å². The number of anilines is 2. The largest absolute Gasteiger partial charge is 0.396 e. The third kappa shape index (κ3) is 2.15. The van der Waals surface area contributed by atoms with Gasteiger partial charge in [-0.1, -0.05) is 0 Å². The van der Waals surface area contributed by atoms with E-state index in [4.69, 9.17) is 5.73 Å². The van der Waals surface area contributed by atoms with E-state index >= 15 is 0 Å². The molecule has 2 N–H and O–H groups in total. The van der Waals surface area contributed by atoms with Crippen LogP contribution in [0.1, 0.15) is 15.9 Å². The van der Waals surface area contributed by atoms with Crippen LogP contribution >= 0.6 is 0 Å². The minimum absolute atomic E-state index is 0.118. The quantitative estimate of drug-likeness (QED) is 0.869. The molecule has 2 aromatic heterocycles. The second-order valence-corrected chi connectivity index (χ2v) is 3.99. The summed E-state index contributed by atoms with van der Waals surface area (Å²) in [7, 11) is 1.69. The predicted molar refractivity (Wildman–Crippen MR) is 70.4 cm³/mol. The Hall–Kier alpha value is -2.43. The van der Waals surface area contributed by atoms with Crippen molar-refractivity contribution in [3.05, 3.63) is 48.0 Å². The molecule has 0 unspecified atom stereocenters. The van der Waals surface area contributed by atoms with Crippen molar-refractivity contribution in [3.63, 3.8) is 0 Å². The van der Waals surface area contributed by atoms with Gasteiger partial charge in [0.1, 0.15) is 0 Å². The highest BCUT2D eigenvalue weighted by atomic mass is 16.2. The van der Waals surface area contributed by atoms with E-state index in [1.54, 1.807) is 37.8 Å². The van der Waals surface area contributed by atoms with Gasteiger partial charge in [0, 0.05) is 31.2 Å². The molecular formula is C13H14N4O. The zero-order chi connectivity index (χ0) is 13.1. The molecule has 0 aliphatic carbocycles. The summed E-state index contributed by atoms with van der Waals surface area (Å²) in [6, 6.07) is 3.41. The Bertz CT molecular complexity index is 583. The van der Waals surface area contributed by atoms with Crippen molar-refractivity contribution in [1.29, 1.82) is 0 Å². The molecule has 5 nitrogen and oxygen atoms in total. The van der Waals surface area contributed by atoms with Gasteiger partial charge in [-0.25, -0.2) is 0 Å². The van der Waals surface area contributed by atoms with E-state index in [2.05, 4.69) is 9.97 Å². The van der Waals surface area contributed by atoms with Crippen LogP contribution in [0.25, 0.3) is 0 Å². The summed E-state index contributed by atoms with van der Waals surface area (Å²) in [4.78, 5) is 21.7. The predicted octanol–water partition coefficient (Wildman–Crippen LogP) is 1.64. The Balaban J connectivity index is 2.36. The van der Waals surface area contributed by atoms with Crippen LogP contribution in [0.3, 0.4) is 0 Å². The summed E-state index contributed by atoms with van der Waals surface area (Å²) in [6.45, 7) is 1.85. The third-order valence-corrected chi connectivity index (χ3v) is 2.74. The SMILES string of the molecule is Cc1cnccc1C(=O)N(C)c1ccncc1N. The lowest BCUT2D eigenvalue weighted by atomic mass is 10.1. The van der Waals surface area contributed by atoms with Crippen LogP contribution in [-0.4, -0.2) is 22.9 Å². The van der Waals surface area contributed by atoms with Crippen LogP contribution < -0.4 is 10.6 Å². The number of rotatable bonds is 2. The summed E-state index contributed by atoms with van der Waals surface area (Å²) in [5, 5.41) is 0. The van der Waals surface area contributed by atoms with Gasteiger partial charge in [-0.05, 0) is 24.6 Å². The number of aromatic nitrogens is 2. The summed E-state index contributed by atoms with van der Waals surface area (Å²) in [6.07, 6.45) is 6.40. The Morgan fingerprint density at radius 1 is 1.22 bits per heavy atom. The van der Waals surface area contributed by atoms with E-state index in [1.807, 2.05) is 6.92 Å². The van der Waals surface area contributed by atoms with Gasteiger partial charge in [0.05, 0.1) is 17.6 Å². The van der Waals surface area contributed by atoms with E-state index in [0.29, 0.717) is 16.9 Å². The fourth-order valence-corrected chi connectivity index (χ4v) is 1.71. The number of aryl methyl sites for hydroxylation is 1. The van der Waals surface area contributed by atoms with E-state index in [1.165, 1.54) is 11.1 Å². The number of nitrogens with two attached hydrogens (primary N) is 1. The van der Waals surface area contributed by atoms with Gasteiger partial charge in [-0.2, -0.15) is 0 Å². The van der Waals surface area contributed by atoms with Crippen LogP contribution in [0.15, 0.2) is 36.9 Å². The molecule has 5 heteroatoms. The molecule has 0 saturated heterocycles. The summed E-state index contributed by atoms with van der Waals surface area (Å²) in [5.41, 5.74) is 8.37. The highest BCUT2D eigenvalue weighted by molar-refractivity contribution is 6.07. The molecular weight excluding hydrogens is 228 g/mol. The lowest BCUT2D eigenvalue weighted by Crippen LogP contribution is -2.27. The number of nitrogens with zero attached hydrogens (tertiary/aromatic N) is 3. The topological polar surface area (TPSA) is 72.1 Å². The number of carbonyl (C=O) groups excluding carboxylic acids is 1. The van der Waals surface area contributed by atoms with Crippen molar-refractivity contribution >= 4 is 17.3 Å². The zero-order valence-corrected chi connectivity index (χ0v) is 10.3.